The van der Waals surface area contributed by atoms with Gasteiger partial charge in [0.25, 0.3) is 5.91 Å². The Labute approximate surface area is 163 Å². The number of benzene rings is 1. The van der Waals surface area contributed by atoms with Gasteiger partial charge in [0.05, 0.1) is 6.54 Å². The number of hydrogen-bond acceptors (Lipinski definition) is 6. The summed E-state index contributed by atoms with van der Waals surface area (Å²) in [5.41, 5.74) is 1.02. The summed E-state index contributed by atoms with van der Waals surface area (Å²) >= 11 is 0. The summed E-state index contributed by atoms with van der Waals surface area (Å²) in [5, 5.41) is 9.82. The number of amides is 2. The lowest BCUT2D eigenvalue weighted by atomic mass is 10.1. The number of aromatic nitrogens is 1. The predicted octanol–water partition coefficient (Wildman–Crippen LogP) is 0.578. The quantitative estimate of drug-likeness (QED) is 0.785. The summed E-state index contributed by atoms with van der Waals surface area (Å²) in [4.78, 5) is 29.1. The highest BCUT2D eigenvalue weighted by Crippen LogP contribution is 2.20. The minimum Gasteiger partial charge on any atom is -0.355 e. The summed E-state index contributed by atoms with van der Waals surface area (Å²) in [7, 11) is 0. The SMILES string of the molecule is O=C(NCC(=O)N1CCC(N2CCNCC2)C1)c1cc(-c2ccccc2)on1. The van der Waals surface area contributed by atoms with Gasteiger partial charge < -0.3 is 20.1 Å². The maximum atomic E-state index is 12.5. The van der Waals surface area contributed by atoms with E-state index in [-0.39, 0.29) is 18.1 Å². The number of nitrogens with zero attached hydrogens (tertiary/aromatic N) is 3. The van der Waals surface area contributed by atoms with Crippen molar-refractivity contribution in [2.45, 2.75) is 12.5 Å². The Morgan fingerprint density at radius 1 is 1.18 bits per heavy atom. The molecule has 2 aliphatic rings. The van der Waals surface area contributed by atoms with E-state index in [1.165, 1.54) is 0 Å². The molecule has 2 saturated heterocycles. The molecule has 1 unspecified atom stereocenters. The van der Waals surface area contributed by atoms with Gasteiger partial charge in [0.15, 0.2) is 11.5 Å². The van der Waals surface area contributed by atoms with E-state index in [2.05, 4.69) is 20.7 Å². The molecule has 2 aliphatic heterocycles. The fourth-order valence-electron chi connectivity index (χ4n) is 3.79. The standard InChI is InChI=1S/C20H25N5O3/c26-19(25-9-6-16(14-25)24-10-7-21-8-11-24)13-22-20(27)17-12-18(28-23-17)15-4-2-1-3-5-15/h1-5,12,16,21H,6-11,13-14H2,(H,22,27). The van der Waals surface area contributed by atoms with Crippen LogP contribution in [0.5, 0.6) is 0 Å². The van der Waals surface area contributed by atoms with Crippen LogP contribution in [0.3, 0.4) is 0 Å². The second-order valence-electron chi connectivity index (χ2n) is 7.19. The molecule has 2 fully saturated rings. The Morgan fingerprint density at radius 2 is 1.96 bits per heavy atom. The Kier molecular flexibility index (Phi) is 5.68. The monoisotopic (exact) mass is 383 g/mol. The molecule has 1 aromatic heterocycles. The van der Waals surface area contributed by atoms with Crippen LogP contribution >= 0.6 is 0 Å². The molecule has 0 aliphatic carbocycles. The molecule has 2 N–H and O–H groups in total. The molecule has 8 nitrogen and oxygen atoms in total. The van der Waals surface area contributed by atoms with E-state index in [9.17, 15) is 9.59 Å². The van der Waals surface area contributed by atoms with Gasteiger partial charge in [-0.1, -0.05) is 35.5 Å². The van der Waals surface area contributed by atoms with Gasteiger partial charge >= 0.3 is 0 Å². The van der Waals surface area contributed by atoms with Gasteiger partial charge in [-0.3, -0.25) is 14.5 Å². The third-order valence-corrected chi connectivity index (χ3v) is 5.39. The van der Waals surface area contributed by atoms with Crippen LogP contribution in [0.4, 0.5) is 0 Å². The number of nitrogens with one attached hydrogen (secondary N) is 2. The third-order valence-electron chi connectivity index (χ3n) is 5.39. The van der Waals surface area contributed by atoms with E-state index in [0.29, 0.717) is 11.8 Å². The molecule has 0 bridgehead atoms. The molecule has 8 heteroatoms. The molecule has 0 saturated carbocycles. The van der Waals surface area contributed by atoms with Crippen molar-refractivity contribution in [1.29, 1.82) is 0 Å². The molecule has 1 aromatic carbocycles. The van der Waals surface area contributed by atoms with Gasteiger partial charge in [-0.25, -0.2) is 0 Å². The third kappa shape index (κ3) is 4.23. The average molecular weight is 383 g/mol. The number of hydrogen-bond donors (Lipinski definition) is 2. The normalized spacial score (nSPS) is 20.3. The Morgan fingerprint density at radius 3 is 2.75 bits per heavy atom. The van der Waals surface area contributed by atoms with Gasteiger partial charge in [0.1, 0.15) is 0 Å². The van der Waals surface area contributed by atoms with Crippen LogP contribution in [0.1, 0.15) is 16.9 Å². The van der Waals surface area contributed by atoms with Crippen molar-refractivity contribution >= 4 is 11.8 Å². The first-order valence-corrected chi connectivity index (χ1v) is 9.73. The molecule has 3 heterocycles. The van der Waals surface area contributed by atoms with E-state index >= 15 is 0 Å². The van der Waals surface area contributed by atoms with E-state index in [1.807, 2.05) is 35.2 Å². The fourth-order valence-corrected chi connectivity index (χ4v) is 3.79. The van der Waals surface area contributed by atoms with Gasteiger partial charge in [0.2, 0.25) is 5.91 Å². The van der Waals surface area contributed by atoms with Crippen molar-refractivity contribution in [1.82, 2.24) is 25.6 Å². The topological polar surface area (TPSA) is 90.7 Å². The molecule has 4 rings (SSSR count). The van der Waals surface area contributed by atoms with Crippen LogP contribution in [0.15, 0.2) is 40.9 Å². The summed E-state index contributed by atoms with van der Waals surface area (Å²) in [5.74, 6) is 0.0605. The van der Waals surface area contributed by atoms with Crippen molar-refractivity contribution in [2.75, 3.05) is 45.8 Å². The lowest BCUT2D eigenvalue weighted by molar-refractivity contribution is -0.129. The van der Waals surface area contributed by atoms with E-state index in [1.54, 1.807) is 6.07 Å². The van der Waals surface area contributed by atoms with Crippen LogP contribution in [-0.4, -0.2) is 78.6 Å². The summed E-state index contributed by atoms with van der Waals surface area (Å²) < 4.78 is 5.24. The molecular weight excluding hydrogens is 358 g/mol. The Bertz CT molecular complexity index is 816. The van der Waals surface area contributed by atoms with E-state index < -0.39 is 5.91 Å². The van der Waals surface area contributed by atoms with Crippen molar-refractivity contribution in [3.05, 3.63) is 42.1 Å². The van der Waals surface area contributed by atoms with Crippen molar-refractivity contribution in [2.24, 2.45) is 0 Å². The Balaban J connectivity index is 1.27. The summed E-state index contributed by atoms with van der Waals surface area (Å²) in [6.07, 6.45) is 0.989. The van der Waals surface area contributed by atoms with Crippen LogP contribution < -0.4 is 10.6 Å². The van der Waals surface area contributed by atoms with Crippen LogP contribution in [-0.2, 0) is 4.79 Å². The molecule has 1 atom stereocenters. The zero-order valence-electron chi connectivity index (χ0n) is 15.8. The van der Waals surface area contributed by atoms with Gasteiger partial charge in [-0.2, -0.15) is 0 Å². The van der Waals surface area contributed by atoms with Crippen molar-refractivity contribution in [3.8, 4) is 11.3 Å². The minimum absolute atomic E-state index is 0.0271. The lowest BCUT2D eigenvalue weighted by Gasteiger charge is -2.32. The van der Waals surface area contributed by atoms with Crippen LogP contribution in [0.2, 0.25) is 0 Å². The second kappa shape index (κ2) is 8.53. The number of rotatable bonds is 5. The number of carbonyl (C=O) groups is 2. The van der Waals surface area contributed by atoms with Crippen LogP contribution in [0.25, 0.3) is 11.3 Å². The second-order valence-corrected chi connectivity index (χ2v) is 7.19. The Hall–Kier alpha value is -2.71. The highest BCUT2D eigenvalue weighted by Gasteiger charge is 2.31. The van der Waals surface area contributed by atoms with E-state index in [0.717, 1.165) is 51.3 Å². The zero-order valence-corrected chi connectivity index (χ0v) is 15.8. The average Bonchev–Trinajstić information content (AvgIpc) is 3.43. The fraction of sp³-hybridized carbons (Fsp3) is 0.450. The number of likely N-dealkylation sites (tertiary alicyclic amines) is 1. The minimum atomic E-state index is -0.405. The van der Waals surface area contributed by atoms with Gasteiger partial charge in [0, 0.05) is 56.9 Å². The number of carbonyl (C=O) groups excluding carboxylic acids is 2. The highest BCUT2D eigenvalue weighted by molar-refractivity contribution is 5.95. The lowest BCUT2D eigenvalue weighted by Crippen LogP contribution is -2.49. The van der Waals surface area contributed by atoms with Gasteiger partial charge in [-0.15, -0.1) is 0 Å². The van der Waals surface area contributed by atoms with Gasteiger partial charge in [-0.05, 0) is 6.42 Å². The zero-order chi connectivity index (χ0) is 19.3. The maximum Gasteiger partial charge on any atom is 0.273 e. The molecule has 2 aromatic rings. The van der Waals surface area contributed by atoms with E-state index in [4.69, 9.17) is 4.52 Å². The molecular formula is C20H25N5O3. The number of piperazine rings is 1. The summed E-state index contributed by atoms with van der Waals surface area (Å²) in [6.45, 7) is 5.51. The molecule has 0 spiro atoms. The highest BCUT2D eigenvalue weighted by atomic mass is 16.5. The smallest absolute Gasteiger partial charge is 0.273 e. The first-order valence-electron chi connectivity index (χ1n) is 9.73. The predicted molar refractivity (Wildman–Crippen MR) is 104 cm³/mol. The molecule has 2 amide bonds. The van der Waals surface area contributed by atoms with Crippen molar-refractivity contribution < 1.29 is 14.1 Å². The first kappa shape index (κ1) is 18.6. The summed E-state index contributed by atoms with van der Waals surface area (Å²) in [6, 6.07) is 11.5. The molecule has 0 radical (unpaired) electrons. The van der Waals surface area contributed by atoms with Crippen molar-refractivity contribution in [3.63, 3.8) is 0 Å². The van der Waals surface area contributed by atoms with Crippen LogP contribution in [0, 0.1) is 0 Å². The first-order chi connectivity index (χ1) is 13.7. The molecule has 148 valence electrons. The maximum absolute atomic E-state index is 12.5. The molecule has 28 heavy (non-hydrogen) atoms. The largest absolute Gasteiger partial charge is 0.355 e.